The number of hydrogen-bond acceptors (Lipinski definition) is 5. The van der Waals surface area contributed by atoms with Gasteiger partial charge in [-0.1, -0.05) is 12.1 Å². The second-order valence-electron chi connectivity index (χ2n) is 4.05. The summed E-state index contributed by atoms with van der Waals surface area (Å²) in [4.78, 5) is 2.78. The van der Waals surface area contributed by atoms with Crippen molar-refractivity contribution in [3.8, 4) is 0 Å². The van der Waals surface area contributed by atoms with Crippen LogP contribution in [-0.4, -0.2) is 39.7 Å². The number of nitrogens with two attached hydrogens (primary N) is 1. The van der Waals surface area contributed by atoms with Crippen molar-refractivity contribution in [3.05, 3.63) is 29.8 Å². The summed E-state index contributed by atoms with van der Waals surface area (Å²) in [6, 6.07) is 6.63. The van der Waals surface area contributed by atoms with E-state index in [2.05, 4.69) is 4.83 Å². The van der Waals surface area contributed by atoms with Gasteiger partial charge in [0.2, 0.25) is 0 Å². The number of benzene rings is 1. The lowest BCUT2D eigenvalue weighted by Gasteiger charge is -2.26. The van der Waals surface area contributed by atoms with E-state index in [1.54, 1.807) is 29.3 Å². The average Bonchev–Trinajstić information content (AvgIpc) is 2.39. The molecule has 0 aliphatic carbocycles. The Morgan fingerprint density at radius 2 is 2.06 bits per heavy atom. The predicted octanol–water partition coefficient (Wildman–Crippen LogP) is -0.329. The second kappa shape index (κ2) is 5.77. The molecule has 2 rings (SSSR count). The van der Waals surface area contributed by atoms with E-state index in [-0.39, 0.29) is 4.90 Å². The molecule has 1 aliphatic rings. The van der Waals surface area contributed by atoms with Crippen molar-refractivity contribution < 1.29 is 13.2 Å². The van der Waals surface area contributed by atoms with Gasteiger partial charge in [-0.25, -0.2) is 13.4 Å². The van der Waals surface area contributed by atoms with E-state index in [9.17, 15) is 8.42 Å². The number of nitrogens with one attached hydrogen (secondary N) is 1. The van der Waals surface area contributed by atoms with Gasteiger partial charge in [0.05, 0.1) is 18.1 Å². The molecule has 7 heteroatoms. The van der Waals surface area contributed by atoms with Crippen LogP contribution in [0.4, 0.5) is 0 Å². The number of hydrazine groups is 1. The molecule has 0 radical (unpaired) electrons. The lowest BCUT2D eigenvalue weighted by Crippen LogP contribution is -2.48. The van der Waals surface area contributed by atoms with Crippen LogP contribution in [0.25, 0.3) is 0 Å². The highest BCUT2D eigenvalue weighted by Gasteiger charge is 2.20. The van der Waals surface area contributed by atoms with Gasteiger partial charge in [-0.05, 0) is 17.7 Å². The maximum absolute atomic E-state index is 12.1. The van der Waals surface area contributed by atoms with Gasteiger partial charge in [-0.3, -0.25) is 0 Å². The molecule has 1 saturated heterocycles. The maximum Gasteiger partial charge on any atom is 0.253 e. The number of hydrogen-bond donors (Lipinski definition) is 2. The Morgan fingerprint density at radius 3 is 2.72 bits per heavy atom. The highest BCUT2D eigenvalue weighted by molar-refractivity contribution is 7.89. The van der Waals surface area contributed by atoms with Crippen LogP contribution in [-0.2, 0) is 21.3 Å². The second-order valence-corrected chi connectivity index (χ2v) is 5.71. The van der Waals surface area contributed by atoms with E-state index in [1.165, 1.54) is 0 Å². The first-order valence-corrected chi connectivity index (χ1v) is 7.24. The van der Waals surface area contributed by atoms with E-state index in [4.69, 9.17) is 10.5 Å². The van der Waals surface area contributed by atoms with Crippen molar-refractivity contribution in [2.75, 3.05) is 26.3 Å². The molecule has 0 bridgehead atoms. The monoisotopic (exact) mass is 271 g/mol. The topological polar surface area (TPSA) is 84.7 Å². The summed E-state index contributed by atoms with van der Waals surface area (Å²) in [5, 5.41) is 1.65. The smallest absolute Gasteiger partial charge is 0.253 e. The summed E-state index contributed by atoms with van der Waals surface area (Å²) in [6.07, 6.45) is 0. The van der Waals surface area contributed by atoms with Crippen LogP contribution in [0.15, 0.2) is 29.2 Å². The molecule has 1 aliphatic heterocycles. The first-order valence-electron chi connectivity index (χ1n) is 5.76. The zero-order chi connectivity index (χ0) is 13.0. The van der Waals surface area contributed by atoms with Gasteiger partial charge in [0.25, 0.3) is 10.0 Å². The summed E-state index contributed by atoms with van der Waals surface area (Å²) >= 11 is 0. The van der Waals surface area contributed by atoms with E-state index in [0.717, 1.165) is 5.56 Å². The molecule has 100 valence electrons. The fourth-order valence-electron chi connectivity index (χ4n) is 1.72. The molecule has 1 aromatic carbocycles. The molecule has 0 saturated carbocycles. The first-order chi connectivity index (χ1) is 8.62. The number of sulfonamides is 1. The molecule has 1 heterocycles. The third-order valence-corrected chi connectivity index (χ3v) is 4.08. The largest absolute Gasteiger partial charge is 0.379 e. The van der Waals surface area contributed by atoms with Crippen LogP contribution in [0.1, 0.15) is 5.56 Å². The molecular formula is C11H17N3O3S. The van der Waals surface area contributed by atoms with Crippen molar-refractivity contribution in [1.82, 2.24) is 9.84 Å². The standard InChI is InChI=1S/C11H17N3O3S/c12-9-10-2-1-3-11(8-10)18(15,16)13-14-4-6-17-7-5-14/h1-3,8,13H,4-7,9,12H2. The van der Waals surface area contributed by atoms with Crippen LogP contribution in [0.3, 0.4) is 0 Å². The molecule has 0 atom stereocenters. The van der Waals surface area contributed by atoms with Gasteiger partial charge in [-0.15, -0.1) is 4.83 Å². The van der Waals surface area contributed by atoms with Gasteiger partial charge < -0.3 is 10.5 Å². The highest BCUT2D eigenvalue weighted by Crippen LogP contribution is 2.11. The van der Waals surface area contributed by atoms with Gasteiger partial charge in [0.15, 0.2) is 0 Å². The quantitative estimate of drug-likeness (QED) is 0.783. The summed E-state index contributed by atoms with van der Waals surface area (Å²) in [6.45, 7) is 2.49. The molecule has 1 fully saturated rings. The van der Waals surface area contributed by atoms with Crippen molar-refractivity contribution in [2.24, 2.45) is 5.73 Å². The third kappa shape index (κ3) is 3.27. The zero-order valence-electron chi connectivity index (χ0n) is 10.0. The number of ether oxygens (including phenoxy) is 1. The molecule has 0 amide bonds. The molecule has 0 unspecified atom stereocenters. The van der Waals surface area contributed by atoms with Gasteiger partial charge in [0, 0.05) is 19.6 Å². The number of rotatable bonds is 4. The van der Waals surface area contributed by atoms with E-state index in [1.807, 2.05) is 0 Å². The fraction of sp³-hybridized carbons (Fsp3) is 0.455. The summed E-state index contributed by atoms with van der Waals surface area (Å²) in [5.74, 6) is 0. The average molecular weight is 271 g/mol. The molecule has 3 N–H and O–H groups in total. The minimum absolute atomic E-state index is 0.233. The normalized spacial score (nSPS) is 17.8. The minimum Gasteiger partial charge on any atom is -0.379 e. The van der Waals surface area contributed by atoms with Crippen LogP contribution in [0, 0.1) is 0 Å². The Balaban J connectivity index is 2.13. The Kier molecular flexibility index (Phi) is 4.31. The predicted molar refractivity (Wildman–Crippen MR) is 67.0 cm³/mol. The SMILES string of the molecule is NCc1cccc(S(=O)(=O)NN2CCOCC2)c1. The first kappa shape index (κ1) is 13.4. The van der Waals surface area contributed by atoms with Crippen molar-refractivity contribution >= 4 is 10.0 Å². The molecule has 0 spiro atoms. The van der Waals surface area contributed by atoms with E-state index >= 15 is 0 Å². The summed E-state index contributed by atoms with van der Waals surface area (Å²) in [5.41, 5.74) is 6.30. The van der Waals surface area contributed by atoms with E-state index < -0.39 is 10.0 Å². The summed E-state index contributed by atoms with van der Waals surface area (Å²) < 4.78 is 29.4. The fourth-order valence-corrected chi connectivity index (χ4v) is 2.91. The number of morpholine rings is 1. The Bertz CT molecular complexity index is 498. The highest BCUT2D eigenvalue weighted by atomic mass is 32.2. The molecule has 0 aromatic heterocycles. The number of nitrogens with zero attached hydrogens (tertiary/aromatic N) is 1. The van der Waals surface area contributed by atoms with E-state index in [0.29, 0.717) is 32.8 Å². The molecule has 1 aromatic rings. The third-order valence-electron chi connectivity index (χ3n) is 2.70. The molecule has 6 nitrogen and oxygen atoms in total. The van der Waals surface area contributed by atoms with Crippen LogP contribution >= 0.6 is 0 Å². The summed E-state index contributed by atoms with van der Waals surface area (Å²) in [7, 11) is -3.53. The van der Waals surface area contributed by atoms with Crippen molar-refractivity contribution in [1.29, 1.82) is 0 Å². The van der Waals surface area contributed by atoms with Crippen LogP contribution in [0.5, 0.6) is 0 Å². The maximum atomic E-state index is 12.1. The van der Waals surface area contributed by atoms with Crippen molar-refractivity contribution in [2.45, 2.75) is 11.4 Å². The molecular weight excluding hydrogens is 254 g/mol. The Hall–Kier alpha value is -0.990. The van der Waals surface area contributed by atoms with Crippen LogP contribution < -0.4 is 10.6 Å². The van der Waals surface area contributed by atoms with Gasteiger partial charge in [-0.2, -0.15) is 0 Å². The van der Waals surface area contributed by atoms with Crippen LogP contribution in [0.2, 0.25) is 0 Å². The van der Waals surface area contributed by atoms with Gasteiger partial charge in [0.1, 0.15) is 0 Å². The Labute approximate surface area is 107 Å². The van der Waals surface area contributed by atoms with Gasteiger partial charge >= 0.3 is 0 Å². The zero-order valence-corrected chi connectivity index (χ0v) is 10.8. The minimum atomic E-state index is -3.53. The Morgan fingerprint density at radius 1 is 1.33 bits per heavy atom. The lowest BCUT2D eigenvalue weighted by atomic mass is 10.2. The van der Waals surface area contributed by atoms with Crippen molar-refractivity contribution in [3.63, 3.8) is 0 Å². The lowest BCUT2D eigenvalue weighted by molar-refractivity contribution is 0.0272. The molecule has 18 heavy (non-hydrogen) atoms.